The SMILES string of the molecule is O=C([O-])[C@@H]1[C@@H]2C=C[C@]3(CN(c4nccs4)C(=O)[C@H]13)O2. The molecule has 4 atom stereocenters. The predicted octanol–water partition coefficient (Wildman–Crippen LogP) is -0.821. The Labute approximate surface area is 112 Å². The molecular weight excluding hydrogens is 268 g/mol. The van der Waals surface area contributed by atoms with Gasteiger partial charge in [-0.15, -0.1) is 11.3 Å². The number of thiazole rings is 1. The summed E-state index contributed by atoms with van der Waals surface area (Å²) in [5.74, 6) is -3.06. The van der Waals surface area contributed by atoms with E-state index in [1.807, 2.05) is 6.08 Å². The zero-order chi connectivity index (χ0) is 13.2. The Hall–Kier alpha value is -1.73. The minimum Gasteiger partial charge on any atom is -0.550 e. The van der Waals surface area contributed by atoms with Gasteiger partial charge in [0, 0.05) is 23.5 Å². The van der Waals surface area contributed by atoms with Crippen LogP contribution in [0.3, 0.4) is 0 Å². The van der Waals surface area contributed by atoms with Gasteiger partial charge in [0.05, 0.1) is 18.6 Å². The minimum atomic E-state index is -1.23. The van der Waals surface area contributed by atoms with Crippen molar-refractivity contribution in [2.24, 2.45) is 11.8 Å². The third kappa shape index (κ3) is 1.26. The van der Waals surface area contributed by atoms with E-state index >= 15 is 0 Å². The second-order valence-electron chi connectivity index (χ2n) is 4.96. The number of carbonyl (C=O) groups is 2. The normalized spacial score (nSPS) is 39.1. The number of nitrogens with zero attached hydrogens (tertiary/aromatic N) is 2. The van der Waals surface area contributed by atoms with Gasteiger partial charge in [-0.2, -0.15) is 0 Å². The standard InChI is InChI=1S/C12H10N2O4S/c15-9-8-7(10(16)17)6-1-2-12(8,18-6)5-14(9)11-13-3-4-19-11/h1-4,6-8H,5H2,(H,16,17)/p-1/t6-,7+,8-,12+/m0/s1. The van der Waals surface area contributed by atoms with E-state index in [1.54, 1.807) is 17.7 Å². The molecule has 1 aromatic heterocycles. The summed E-state index contributed by atoms with van der Waals surface area (Å²) >= 11 is 1.35. The maximum Gasteiger partial charge on any atom is 0.236 e. The lowest BCUT2D eigenvalue weighted by molar-refractivity contribution is -0.313. The summed E-state index contributed by atoms with van der Waals surface area (Å²) in [6.07, 6.45) is 4.60. The number of hydrogen-bond donors (Lipinski definition) is 0. The Kier molecular flexibility index (Phi) is 2.01. The van der Waals surface area contributed by atoms with Gasteiger partial charge < -0.3 is 14.6 Å². The molecule has 19 heavy (non-hydrogen) atoms. The summed E-state index contributed by atoms with van der Waals surface area (Å²) in [5.41, 5.74) is -0.821. The molecule has 0 N–H and O–H groups in total. The Bertz CT molecular complexity index is 599. The van der Waals surface area contributed by atoms with Gasteiger partial charge in [0.25, 0.3) is 0 Å². The lowest BCUT2D eigenvalue weighted by atomic mass is 9.77. The highest BCUT2D eigenvalue weighted by Crippen LogP contribution is 2.52. The van der Waals surface area contributed by atoms with E-state index in [1.165, 1.54) is 16.2 Å². The summed E-state index contributed by atoms with van der Waals surface area (Å²) in [6, 6.07) is 0. The fourth-order valence-corrected chi connectivity index (χ4v) is 3.93. The van der Waals surface area contributed by atoms with E-state index < -0.39 is 29.5 Å². The number of aliphatic carboxylic acids is 1. The van der Waals surface area contributed by atoms with E-state index in [2.05, 4.69) is 4.98 Å². The van der Waals surface area contributed by atoms with Crippen LogP contribution in [-0.4, -0.2) is 35.1 Å². The highest BCUT2D eigenvalue weighted by molar-refractivity contribution is 7.13. The van der Waals surface area contributed by atoms with Crippen molar-refractivity contribution in [3.8, 4) is 0 Å². The van der Waals surface area contributed by atoms with Crippen LogP contribution in [-0.2, 0) is 14.3 Å². The van der Waals surface area contributed by atoms with Crippen molar-refractivity contribution in [3.05, 3.63) is 23.7 Å². The van der Waals surface area contributed by atoms with E-state index in [4.69, 9.17) is 4.74 Å². The van der Waals surface area contributed by atoms with Crippen LogP contribution in [0.4, 0.5) is 5.13 Å². The van der Waals surface area contributed by atoms with Gasteiger partial charge in [0.2, 0.25) is 5.91 Å². The molecule has 0 radical (unpaired) electrons. The molecule has 0 aliphatic carbocycles. The number of amides is 1. The summed E-state index contributed by atoms with van der Waals surface area (Å²) in [5, 5.41) is 13.6. The Balaban J connectivity index is 1.77. The van der Waals surface area contributed by atoms with Crippen molar-refractivity contribution in [2.75, 3.05) is 11.4 Å². The van der Waals surface area contributed by atoms with Crippen LogP contribution in [0.2, 0.25) is 0 Å². The molecule has 4 rings (SSSR count). The highest BCUT2D eigenvalue weighted by atomic mass is 32.1. The Morgan fingerprint density at radius 1 is 1.63 bits per heavy atom. The average molecular weight is 277 g/mol. The molecule has 6 nitrogen and oxygen atoms in total. The van der Waals surface area contributed by atoms with Crippen LogP contribution >= 0.6 is 11.3 Å². The molecule has 0 saturated carbocycles. The monoisotopic (exact) mass is 277 g/mol. The van der Waals surface area contributed by atoms with E-state index in [-0.39, 0.29) is 5.91 Å². The molecule has 2 bridgehead atoms. The first-order valence-electron chi connectivity index (χ1n) is 5.91. The molecule has 7 heteroatoms. The van der Waals surface area contributed by atoms with Crippen LogP contribution in [0.25, 0.3) is 0 Å². The molecule has 3 aliphatic heterocycles. The van der Waals surface area contributed by atoms with Crippen molar-refractivity contribution in [1.82, 2.24) is 4.98 Å². The van der Waals surface area contributed by atoms with Crippen LogP contribution in [0.15, 0.2) is 23.7 Å². The van der Waals surface area contributed by atoms with Crippen LogP contribution < -0.4 is 10.0 Å². The largest absolute Gasteiger partial charge is 0.550 e. The van der Waals surface area contributed by atoms with Crippen molar-refractivity contribution in [1.29, 1.82) is 0 Å². The number of anilines is 1. The molecule has 4 heterocycles. The summed E-state index contributed by atoms with van der Waals surface area (Å²) in [4.78, 5) is 29.4. The number of hydrogen-bond acceptors (Lipinski definition) is 6. The van der Waals surface area contributed by atoms with Gasteiger partial charge in [-0.25, -0.2) is 4.98 Å². The Morgan fingerprint density at radius 3 is 3.16 bits per heavy atom. The molecule has 2 saturated heterocycles. The zero-order valence-corrected chi connectivity index (χ0v) is 10.5. The molecule has 98 valence electrons. The molecule has 1 aromatic rings. The third-order valence-corrected chi connectivity index (χ3v) is 4.82. The summed E-state index contributed by atoms with van der Waals surface area (Å²) in [7, 11) is 0. The van der Waals surface area contributed by atoms with Gasteiger partial charge in [0.1, 0.15) is 5.60 Å². The summed E-state index contributed by atoms with van der Waals surface area (Å²) < 4.78 is 5.74. The van der Waals surface area contributed by atoms with Crippen molar-refractivity contribution < 1.29 is 19.4 Å². The maximum absolute atomic E-state index is 12.5. The molecule has 1 spiro atoms. The number of ether oxygens (including phenoxy) is 1. The first-order chi connectivity index (χ1) is 9.12. The van der Waals surface area contributed by atoms with Gasteiger partial charge in [-0.1, -0.05) is 12.2 Å². The second kappa shape index (κ2) is 3.43. The van der Waals surface area contributed by atoms with Crippen molar-refractivity contribution >= 4 is 28.3 Å². The molecular formula is C12H9N2O4S-. The molecule has 0 unspecified atom stereocenters. The number of aromatic nitrogens is 1. The van der Waals surface area contributed by atoms with E-state index in [9.17, 15) is 14.7 Å². The number of carboxylic acid groups (broad SMARTS) is 1. The number of carbonyl (C=O) groups excluding carboxylic acids is 2. The topological polar surface area (TPSA) is 82.6 Å². The van der Waals surface area contributed by atoms with Crippen molar-refractivity contribution in [3.63, 3.8) is 0 Å². The van der Waals surface area contributed by atoms with Gasteiger partial charge >= 0.3 is 0 Å². The van der Waals surface area contributed by atoms with Crippen LogP contribution in [0, 0.1) is 11.8 Å². The molecule has 2 fully saturated rings. The van der Waals surface area contributed by atoms with Crippen LogP contribution in [0.1, 0.15) is 0 Å². The third-order valence-electron chi connectivity index (χ3n) is 4.02. The number of carboxylic acids is 1. The smallest absolute Gasteiger partial charge is 0.236 e. The van der Waals surface area contributed by atoms with Gasteiger partial charge in [-0.3, -0.25) is 9.69 Å². The van der Waals surface area contributed by atoms with Crippen LogP contribution in [0.5, 0.6) is 0 Å². The first-order valence-corrected chi connectivity index (χ1v) is 6.79. The molecule has 0 aromatic carbocycles. The highest BCUT2D eigenvalue weighted by Gasteiger charge is 2.65. The second-order valence-corrected chi connectivity index (χ2v) is 5.83. The first kappa shape index (κ1) is 11.1. The average Bonchev–Trinajstić information content (AvgIpc) is 3.09. The Morgan fingerprint density at radius 2 is 2.47 bits per heavy atom. The molecule has 1 amide bonds. The fraction of sp³-hybridized carbons (Fsp3) is 0.417. The number of fused-ring (bicyclic) bond motifs is 1. The number of rotatable bonds is 2. The lowest BCUT2D eigenvalue weighted by Crippen LogP contribution is -2.45. The zero-order valence-electron chi connectivity index (χ0n) is 9.68. The van der Waals surface area contributed by atoms with E-state index in [0.717, 1.165) is 0 Å². The minimum absolute atomic E-state index is 0.240. The van der Waals surface area contributed by atoms with Gasteiger partial charge in [0.15, 0.2) is 5.13 Å². The summed E-state index contributed by atoms with van der Waals surface area (Å²) in [6.45, 7) is 0.320. The predicted molar refractivity (Wildman–Crippen MR) is 63.2 cm³/mol. The van der Waals surface area contributed by atoms with E-state index in [0.29, 0.717) is 11.7 Å². The quantitative estimate of drug-likeness (QED) is 0.660. The lowest BCUT2D eigenvalue weighted by Gasteiger charge is -2.24. The molecule has 3 aliphatic rings. The van der Waals surface area contributed by atoms with Gasteiger partial charge in [-0.05, 0) is 0 Å². The maximum atomic E-state index is 12.5. The fourth-order valence-electron chi connectivity index (χ4n) is 3.28. The van der Waals surface area contributed by atoms with Crippen molar-refractivity contribution in [2.45, 2.75) is 11.7 Å².